The summed E-state index contributed by atoms with van der Waals surface area (Å²) in [5, 5.41) is 10.0. The topological polar surface area (TPSA) is 42.6 Å². The maximum absolute atomic E-state index is 13.7. The highest BCUT2D eigenvalue weighted by atomic mass is 19.1. The average Bonchev–Trinajstić information content (AvgIpc) is 2.81. The molecule has 0 aliphatic carbocycles. The molecule has 0 bridgehead atoms. The number of ether oxygens (including phenoxy) is 1. The molecule has 1 unspecified atom stereocenters. The molecule has 0 saturated carbocycles. The van der Waals surface area contributed by atoms with Crippen molar-refractivity contribution >= 4 is 0 Å². The van der Waals surface area contributed by atoms with Crippen LogP contribution >= 0.6 is 0 Å². The van der Waals surface area contributed by atoms with Crippen molar-refractivity contribution in [3.05, 3.63) is 53.7 Å². The quantitative estimate of drug-likeness (QED) is 0.887. The maximum Gasteiger partial charge on any atom is 0.132 e. The maximum atomic E-state index is 13.7. The van der Waals surface area contributed by atoms with E-state index in [0.29, 0.717) is 5.75 Å². The minimum Gasteiger partial charge on any atom is -0.496 e. The van der Waals surface area contributed by atoms with Gasteiger partial charge in [0.25, 0.3) is 0 Å². The van der Waals surface area contributed by atoms with E-state index in [-0.39, 0.29) is 12.0 Å². The molecule has 17 heavy (non-hydrogen) atoms. The first-order valence-electron chi connectivity index (χ1n) is 5.24. The summed E-state index contributed by atoms with van der Waals surface area (Å²) in [6, 6.07) is 6.20. The zero-order valence-corrected chi connectivity index (χ0v) is 9.39. The van der Waals surface area contributed by atoms with Gasteiger partial charge < -0.3 is 14.3 Å². The summed E-state index contributed by atoms with van der Waals surface area (Å²) in [5.74, 6) is -0.124. The lowest BCUT2D eigenvalue weighted by Crippen LogP contribution is -2.06. The molecule has 1 atom stereocenters. The van der Waals surface area contributed by atoms with E-state index in [4.69, 9.17) is 9.15 Å². The fourth-order valence-corrected chi connectivity index (χ4v) is 1.75. The lowest BCUT2D eigenvalue weighted by Gasteiger charge is -2.14. The first-order valence-corrected chi connectivity index (χ1v) is 5.24. The number of methoxy groups -OCH3 is 1. The smallest absolute Gasteiger partial charge is 0.132 e. The molecule has 1 aromatic heterocycles. The summed E-state index contributed by atoms with van der Waals surface area (Å²) in [6.45, 7) is 0. The Morgan fingerprint density at radius 1 is 1.41 bits per heavy atom. The van der Waals surface area contributed by atoms with Gasteiger partial charge in [0.05, 0.1) is 31.3 Å². The van der Waals surface area contributed by atoms with Crippen molar-refractivity contribution in [1.29, 1.82) is 0 Å². The number of furan rings is 1. The molecular formula is C13H13FO3. The zero-order chi connectivity index (χ0) is 12.3. The van der Waals surface area contributed by atoms with Crippen molar-refractivity contribution in [2.75, 3.05) is 7.11 Å². The van der Waals surface area contributed by atoms with Crippen molar-refractivity contribution in [3.8, 4) is 5.75 Å². The van der Waals surface area contributed by atoms with E-state index < -0.39 is 11.9 Å². The van der Waals surface area contributed by atoms with E-state index in [9.17, 15) is 9.50 Å². The Bertz CT molecular complexity index is 479. The van der Waals surface area contributed by atoms with Gasteiger partial charge in [0.2, 0.25) is 0 Å². The van der Waals surface area contributed by atoms with Crippen molar-refractivity contribution < 1.29 is 18.7 Å². The number of halogens is 1. The summed E-state index contributed by atoms with van der Waals surface area (Å²) in [7, 11) is 1.45. The third kappa shape index (κ3) is 2.47. The van der Waals surface area contributed by atoms with Crippen molar-refractivity contribution in [1.82, 2.24) is 0 Å². The Hall–Kier alpha value is -1.81. The van der Waals surface area contributed by atoms with Gasteiger partial charge in [0.15, 0.2) is 0 Å². The second-order valence-corrected chi connectivity index (χ2v) is 3.71. The van der Waals surface area contributed by atoms with Gasteiger partial charge in [-0.05, 0) is 23.8 Å². The number of aliphatic hydroxyl groups excluding tert-OH is 1. The average molecular weight is 236 g/mol. The van der Waals surface area contributed by atoms with Crippen LogP contribution in [0.15, 0.2) is 41.2 Å². The Morgan fingerprint density at radius 3 is 2.88 bits per heavy atom. The van der Waals surface area contributed by atoms with E-state index in [2.05, 4.69) is 0 Å². The molecule has 0 fully saturated rings. The van der Waals surface area contributed by atoms with Crippen LogP contribution in [0.3, 0.4) is 0 Å². The van der Waals surface area contributed by atoms with E-state index in [0.717, 1.165) is 5.56 Å². The van der Waals surface area contributed by atoms with Crippen LogP contribution in [0.1, 0.15) is 17.2 Å². The van der Waals surface area contributed by atoms with Crippen LogP contribution in [0.2, 0.25) is 0 Å². The number of hydrogen-bond acceptors (Lipinski definition) is 3. The minimum atomic E-state index is -0.955. The first-order chi connectivity index (χ1) is 8.22. The summed E-state index contributed by atoms with van der Waals surface area (Å²) >= 11 is 0. The van der Waals surface area contributed by atoms with Crippen LogP contribution in [-0.4, -0.2) is 12.2 Å². The van der Waals surface area contributed by atoms with E-state index in [1.165, 1.54) is 25.7 Å². The second-order valence-electron chi connectivity index (χ2n) is 3.71. The molecule has 4 heteroatoms. The second kappa shape index (κ2) is 5.01. The molecule has 1 N–H and O–H groups in total. The van der Waals surface area contributed by atoms with Crippen LogP contribution in [0.5, 0.6) is 5.75 Å². The van der Waals surface area contributed by atoms with E-state index >= 15 is 0 Å². The van der Waals surface area contributed by atoms with Gasteiger partial charge in [-0.25, -0.2) is 4.39 Å². The summed E-state index contributed by atoms with van der Waals surface area (Å²) in [4.78, 5) is 0. The Morgan fingerprint density at radius 2 is 2.24 bits per heavy atom. The van der Waals surface area contributed by atoms with Gasteiger partial charge in [0.1, 0.15) is 11.6 Å². The Balaban J connectivity index is 2.26. The van der Waals surface area contributed by atoms with E-state index in [1.54, 1.807) is 18.2 Å². The SMILES string of the molecule is COc1cccc(F)c1C(O)Cc1ccoc1. The fourth-order valence-electron chi connectivity index (χ4n) is 1.75. The molecule has 0 saturated heterocycles. The van der Waals surface area contributed by atoms with Gasteiger partial charge in [-0.3, -0.25) is 0 Å². The van der Waals surface area contributed by atoms with Crippen molar-refractivity contribution in [2.45, 2.75) is 12.5 Å². The van der Waals surface area contributed by atoms with Crippen LogP contribution in [0.4, 0.5) is 4.39 Å². The summed E-state index contributed by atoms with van der Waals surface area (Å²) < 4.78 is 23.6. The molecule has 3 nitrogen and oxygen atoms in total. The molecule has 0 spiro atoms. The molecule has 0 radical (unpaired) electrons. The van der Waals surface area contributed by atoms with Crippen LogP contribution in [0.25, 0.3) is 0 Å². The minimum absolute atomic E-state index is 0.177. The highest BCUT2D eigenvalue weighted by Crippen LogP contribution is 2.29. The predicted octanol–water partition coefficient (Wildman–Crippen LogP) is 2.70. The molecule has 1 heterocycles. The highest BCUT2D eigenvalue weighted by molar-refractivity contribution is 5.37. The number of rotatable bonds is 4. The van der Waals surface area contributed by atoms with E-state index in [1.807, 2.05) is 0 Å². The summed E-state index contributed by atoms with van der Waals surface area (Å²) in [6.07, 6.45) is 2.37. The number of benzene rings is 1. The molecule has 0 aliphatic rings. The summed E-state index contributed by atoms with van der Waals surface area (Å²) in [5.41, 5.74) is 0.985. The Kier molecular flexibility index (Phi) is 3.44. The normalized spacial score (nSPS) is 12.4. The van der Waals surface area contributed by atoms with Crippen LogP contribution in [0, 0.1) is 5.82 Å². The molecule has 90 valence electrons. The number of aliphatic hydroxyl groups is 1. The Labute approximate surface area is 98.5 Å². The lowest BCUT2D eigenvalue weighted by molar-refractivity contribution is 0.168. The molecular weight excluding hydrogens is 223 g/mol. The van der Waals surface area contributed by atoms with Gasteiger partial charge >= 0.3 is 0 Å². The van der Waals surface area contributed by atoms with Gasteiger partial charge in [-0.15, -0.1) is 0 Å². The third-order valence-corrected chi connectivity index (χ3v) is 2.58. The van der Waals surface area contributed by atoms with Gasteiger partial charge in [-0.2, -0.15) is 0 Å². The lowest BCUT2D eigenvalue weighted by atomic mass is 10.0. The van der Waals surface area contributed by atoms with Crippen LogP contribution < -0.4 is 4.74 Å². The third-order valence-electron chi connectivity index (χ3n) is 2.58. The van der Waals surface area contributed by atoms with Gasteiger partial charge in [-0.1, -0.05) is 6.07 Å². The largest absolute Gasteiger partial charge is 0.496 e. The fraction of sp³-hybridized carbons (Fsp3) is 0.231. The zero-order valence-electron chi connectivity index (χ0n) is 9.39. The van der Waals surface area contributed by atoms with Crippen LogP contribution in [-0.2, 0) is 6.42 Å². The van der Waals surface area contributed by atoms with Gasteiger partial charge in [0, 0.05) is 6.42 Å². The van der Waals surface area contributed by atoms with Crippen molar-refractivity contribution in [3.63, 3.8) is 0 Å². The molecule has 0 aliphatic heterocycles. The monoisotopic (exact) mass is 236 g/mol. The highest BCUT2D eigenvalue weighted by Gasteiger charge is 2.18. The molecule has 1 aromatic carbocycles. The molecule has 2 aromatic rings. The standard InChI is InChI=1S/C13H13FO3/c1-16-12-4-2-3-10(14)13(12)11(15)7-9-5-6-17-8-9/h2-6,8,11,15H,7H2,1H3. The number of hydrogen-bond donors (Lipinski definition) is 1. The predicted molar refractivity (Wildman–Crippen MR) is 60.3 cm³/mol. The first kappa shape index (κ1) is 11.7. The molecule has 2 rings (SSSR count). The molecule has 0 amide bonds. The van der Waals surface area contributed by atoms with Crippen molar-refractivity contribution in [2.24, 2.45) is 0 Å².